The van der Waals surface area contributed by atoms with E-state index in [0.29, 0.717) is 22.5 Å². The number of nitrogens with zero attached hydrogens (tertiary/aromatic N) is 3. The lowest BCUT2D eigenvalue weighted by atomic mass is 10.3. The monoisotopic (exact) mass is 307 g/mol. The number of ether oxygens (including phenoxy) is 1. The molecule has 0 aliphatic carbocycles. The van der Waals surface area contributed by atoms with E-state index < -0.39 is 4.92 Å². The van der Waals surface area contributed by atoms with Crippen LogP contribution in [0.4, 0.5) is 17.3 Å². The van der Waals surface area contributed by atoms with Gasteiger partial charge in [0.05, 0.1) is 11.5 Å². The second-order valence-corrected chi connectivity index (χ2v) is 4.98. The molecule has 1 aromatic heterocycles. The summed E-state index contributed by atoms with van der Waals surface area (Å²) in [5.41, 5.74) is 11.1. The van der Waals surface area contributed by atoms with Crippen LogP contribution in [0, 0.1) is 10.1 Å². The lowest BCUT2D eigenvalue weighted by molar-refractivity contribution is -0.385. The SMILES string of the molecule is Nc1cc(N)nc(SCCOc2ccccc2[N+](=O)[O-])n1. The van der Waals surface area contributed by atoms with Crippen molar-refractivity contribution < 1.29 is 9.66 Å². The number of hydrogen-bond donors (Lipinski definition) is 2. The Hall–Kier alpha value is -2.55. The van der Waals surface area contributed by atoms with Gasteiger partial charge in [0.25, 0.3) is 0 Å². The van der Waals surface area contributed by atoms with Crippen molar-refractivity contribution in [3.05, 3.63) is 40.4 Å². The first-order chi connectivity index (χ1) is 10.1. The fourth-order valence-electron chi connectivity index (χ4n) is 1.54. The Morgan fingerprint density at radius 2 is 1.90 bits per heavy atom. The van der Waals surface area contributed by atoms with E-state index in [1.807, 2.05) is 0 Å². The first-order valence-corrected chi connectivity index (χ1v) is 6.94. The summed E-state index contributed by atoms with van der Waals surface area (Å²) in [6.45, 7) is 0.271. The zero-order chi connectivity index (χ0) is 15.2. The zero-order valence-corrected chi connectivity index (χ0v) is 11.7. The van der Waals surface area contributed by atoms with Crippen molar-refractivity contribution in [1.29, 1.82) is 0 Å². The maximum Gasteiger partial charge on any atom is 0.310 e. The van der Waals surface area contributed by atoms with Gasteiger partial charge in [-0.15, -0.1) is 0 Å². The van der Waals surface area contributed by atoms with Crippen LogP contribution in [0.3, 0.4) is 0 Å². The summed E-state index contributed by atoms with van der Waals surface area (Å²) in [5, 5.41) is 11.3. The van der Waals surface area contributed by atoms with E-state index in [4.69, 9.17) is 16.2 Å². The van der Waals surface area contributed by atoms with Crippen molar-refractivity contribution in [1.82, 2.24) is 9.97 Å². The second-order valence-electron chi connectivity index (χ2n) is 3.92. The van der Waals surface area contributed by atoms with Gasteiger partial charge in [0.1, 0.15) is 11.6 Å². The van der Waals surface area contributed by atoms with Crippen molar-refractivity contribution in [2.24, 2.45) is 0 Å². The molecule has 0 spiro atoms. The van der Waals surface area contributed by atoms with Crippen LogP contribution in [0.1, 0.15) is 0 Å². The molecule has 0 aliphatic rings. The Morgan fingerprint density at radius 1 is 1.24 bits per heavy atom. The molecule has 0 unspecified atom stereocenters. The number of nitrogen functional groups attached to an aromatic ring is 2. The predicted molar refractivity (Wildman–Crippen MR) is 80.2 cm³/mol. The van der Waals surface area contributed by atoms with Crippen LogP contribution in [0.25, 0.3) is 0 Å². The maximum absolute atomic E-state index is 10.8. The van der Waals surface area contributed by atoms with Crippen molar-refractivity contribution >= 4 is 29.1 Å². The van der Waals surface area contributed by atoms with Gasteiger partial charge in [0, 0.05) is 17.9 Å². The van der Waals surface area contributed by atoms with Crippen LogP contribution in [0.15, 0.2) is 35.5 Å². The molecule has 0 aliphatic heterocycles. The van der Waals surface area contributed by atoms with E-state index >= 15 is 0 Å². The minimum absolute atomic E-state index is 0.0630. The number of anilines is 2. The average Bonchev–Trinajstić information content (AvgIpc) is 2.43. The normalized spacial score (nSPS) is 10.3. The first kappa shape index (κ1) is 14.9. The highest BCUT2D eigenvalue weighted by Gasteiger charge is 2.13. The van der Waals surface area contributed by atoms with E-state index in [1.54, 1.807) is 18.2 Å². The largest absolute Gasteiger partial charge is 0.486 e. The molecule has 4 N–H and O–H groups in total. The van der Waals surface area contributed by atoms with Crippen molar-refractivity contribution in [3.63, 3.8) is 0 Å². The molecule has 2 rings (SSSR count). The molecule has 9 heteroatoms. The van der Waals surface area contributed by atoms with Gasteiger partial charge in [0.2, 0.25) is 0 Å². The van der Waals surface area contributed by atoms with Gasteiger partial charge < -0.3 is 16.2 Å². The Morgan fingerprint density at radius 3 is 2.57 bits per heavy atom. The number of aromatic nitrogens is 2. The number of nitro groups is 1. The summed E-state index contributed by atoms with van der Waals surface area (Å²) < 4.78 is 5.40. The molecule has 0 fully saturated rings. The van der Waals surface area contributed by atoms with E-state index in [0.717, 1.165) is 0 Å². The number of nitrogens with two attached hydrogens (primary N) is 2. The maximum atomic E-state index is 10.8. The van der Waals surface area contributed by atoms with Gasteiger partial charge in [0.15, 0.2) is 10.9 Å². The fraction of sp³-hybridized carbons (Fsp3) is 0.167. The van der Waals surface area contributed by atoms with Gasteiger partial charge in [-0.05, 0) is 6.07 Å². The highest BCUT2D eigenvalue weighted by atomic mass is 32.2. The zero-order valence-electron chi connectivity index (χ0n) is 10.9. The molecule has 8 nitrogen and oxygen atoms in total. The van der Waals surface area contributed by atoms with Crippen LogP contribution in [-0.2, 0) is 0 Å². The van der Waals surface area contributed by atoms with Crippen LogP contribution in [0.2, 0.25) is 0 Å². The molecule has 0 saturated carbocycles. The highest BCUT2D eigenvalue weighted by Crippen LogP contribution is 2.26. The molecular formula is C12H13N5O3S. The second kappa shape index (κ2) is 6.75. The van der Waals surface area contributed by atoms with E-state index in [1.165, 1.54) is 23.9 Å². The van der Waals surface area contributed by atoms with E-state index in [2.05, 4.69) is 9.97 Å². The van der Waals surface area contributed by atoms with Gasteiger partial charge >= 0.3 is 5.69 Å². The van der Waals surface area contributed by atoms with E-state index in [9.17, 15) is 10.1 Å². The van der Waals surface area contributed by atoms with Crippen LogP contribution >= 0.6 is 11.8 Å². The molecule has 0 atom stereocenters. The lowest BCUT2D eigenvalue weighted by Crippen LogP contribution is -2.04. The first-order valence-electron chi connectivity index (χ1n) is 5.95. The number of thioether (sulfide) groups is 1. The molecule has 0 amide bonds. The molecule has 110 valence electrons. The molecule has 1 heterocycles. The van der Waals surface area contributed by atoms with Crippen LogP contribution < -0.4 is 16.2 Å². The lowest BCUT2D eigenvalue weighted by Gasteiger charge is -2.06. The molecule has 0 saturated heterocycles. The Balaban J connectivity index is 1.89. The Bertz CT molecular complexity index is 632. The van der Waals surface area contributed by atoms with Gasteiger partial charge in [-0.3, -0.25) is 10.1 Å². The molecule has 2 aromatic rings. The summed E-state index contributed by atoms with van der Waals surface area (Å²) >= 11 is 1.31. The van der Waals surface area contributed by atoms with Crippen molar-refractivity contribution in [3.8, 4) is 5.75 Å². The number of rotatable bonds is 6. The summed E-state index contributed by atoms with van der Waals surface area (Å²) in [4.78, 5) is 18.4. The summed E-state index contributed by atoms with van der Waals surface area (Å²) in [6, 6.07) is 7.68. The minimum Gasteiger partial charge on any atom is -0.486 e. The topological polar surface area (TPSA) is 130 Å². The number of hydrogen-bond acceptors (Lipinski definition) is 8. The van der Waals surface area contributed by atoms with Crippen molar-refractivity contribution in [2.45, 2.75) is 5.16 Å². The fourth-order valence-corrected chi connectivity index (χ4v) is 2.23. The Kier molecular flexibility index (Phi) is 4.77. The minimum atomic E-state index is -0.482. The summed E-state index contributed by atoms with van der Waals surface area (Å²) in [5.74, 6) is 1.33. The smallest absolute Gasteiger partial charge is 0.310 e. The van der Waals surface area contributed by atoms with Gasteiger partial charge in [-0.25, -0.2) is 9.97 Å². The Labute approximate surface area is 124 Å². The third-order valence-corrected chi connectivity index (χ3v) is 3.19. The van der Waals surface area contributed by atoms with Crippen LogP contribution in [-0.4, -0.2) is 27.3 Å². The third kappa shape index (κ3) is 4.21. The quantitative estimate of drug-likeness (QED) is 0.271. The number of para-hydroxylation sites is 2. The van der Waals surface area contributed by atoms with Gasteiger partial charge in [-0.2, -0.15) is 0 Å². The average molecular weight is 307 g/mol. The summed E-state index contributed by atoms with van der Waals surface area (Å²) in [6.07, 6.45) is 0. The van der Waals surface area contributed by atoms with E-state index in [-0.39, 0.29) is 18.0 Å². The summed E-state index contributed by atoms with van der Waals surface area (Å²) in [7, 11) is 0. The molecular weight excluding hydrogens is 294 g/mol. The van der Waals surface area contributed by atoms with Crippen molar-refractivity contribution in [2.75, 3.05) is 23.8 Å². The molecule has 1 aromatic carbocycles. The predicted octanol–water partition coefficient (Wildman–Crippen LogP) is 1.72. The van der Waals surface area contributed by atoms with Crippen LogP contribution in [0.5, 0.6) is 5.75 Å². The molecule has 0 bridgehead atoms. The number of benzene rings is 1. The highest BCUT2D eigenvalue weighted by molar-refractivity contribution is 7.99. The molecule has 0 radical (unpaired) electrons. The molecule has 21 heavy (non-hydrogen) atoms. The number of nitro benzene ring substituents is 1. The standard InChI is InChI=1S/C12H13N5O3S/c13-10-7-11(14)16-12(15-10)21-6-5-20-9-4-2-1-3-8(9)17(18)19/h1-4,7H,5-6H2,(H4,13,14,15,16). The van der Waals surface area contributed by atoms with Gasteiger partial charge in [-0.1, -0.05) is 23.9 Å². The third-order valence-electron chi connectivity index (χ3n) is 2.38.